The number of allylic oxidation sites excluding steroid dienone is 3. The number of unbranched alkanes of at least 4 members (excludes halogenated alkanes) is 2. The van der Waals surface area contributed by atoms with Gasteiger partial charge in [0.1, 0.15) is 11.5 Å². The molecule has 4 N–H and O–H groups in total. The number of phenols is 1. The van der Waals surface area contributed by atoms with E-state index in [1.54, 1.807) is 12.1 Å². The van der Waals surface area contributed by atoms with E-state index in [2.05, 4.69) is 29.6 Å². The Balaban J connectivity index is 1.69. The van der Waals surface area contributed by atoms with Crippen molar-refractivity contribution in [1.82, 2.24) is 5.32 Å². The van der Waals surface area contributed by atoms with Gasteiger partial charge in [-0.15, -0.1) is 0 Å². The minimum Gasteiger partial charge on any atom is -0.507 e. The van der Waals surface area contributed by atoms with Crippen molar-refractivity contribution < 1.29 is 33.0 Å². The van der Waals surface area contributed by atoms with Crippen LogP contribution in [0.3, 0.4) is 0 Å². The van der Waals surface area contributed by atoms with Gasteiger partial charge in [-0.05, 0) is 87.9 Å². The summed E-state index contributed by atoms with van der Waals surface area (Å²) >= 11 is 0. The van der Waals surface area contributed by atoms with Crippen molar-refractivity contribution in [3.05, 3.63) is 47.1 Å². The maximum absolute atomic E-state index is 14.5. The number of nitrogens with two attached hydrogens (primary N) is 1. The number of hydrogen-bond donors (Lipinski definition) is 3. The number of aromatic hydroxyl groups is 1. The average molecular weight is 605 g/mol. The molecule has 240 valence electrons. The first kappa shape index (κ1) is 34.5. The minimum atomic E-state index is -3.75. The smallest absolute Gasteiger partial charge is 0.412 e. The molecule has 1 aromatic carbocycles. The van der Waals surface area contributed by atoms with Crippen molar-refractivity contribution in [2.24, 2.45) is 17.1 Å². The van der Waals surface area contributed by atoms with Gasteiger partial charge in [0, 0.05) is 18.0 Å². The number of halogens is 2. The van der Waals surface area contributed by atoms with Gasteiger partial charge < -0.3 is 25.6 Å². The zero-order valence-corrected chi connectivity index (χ0v) is 26.1. The monoisotopic (exact) mass is 604 g/mol. The summed E-state index contributed by atoms with van der Waals surface area (Å²) in [6, 6.07) is 3.48. The molecule has 0 bridgehead atoms. The lowest BCUT2D eigenvalue weighted by Gasteiger charge is -2.35. The third-order valence-electron chi connectivity index (χ3n) is 8.98. The molecule has 2 aliphatic carbocycles. The fourth-order valence-electron chi connectivity index (χ4n) is 6.48. The van der Waals surface area contributed by atoms with Gasteiger partial charge in [0.25, 0.3) is 0 Å². The summed E-state index contributed by atoms with van der Waals surface area (Å²) in [7, 11) is 0. The van der Waals surface area contributed by atoms with Crippen LogP contribution in [-0.2, 0) is 16.0 Å². The normalized spacial score (nSPS) is 20.2. The van der Waals surface area contributed by atoms with Crippen molar-refractivity contribution in [3.63, 3.8) is 0 Å². The second-order valence-corrected chi connectivity index (χ2v) is 12.6. The molecule has 1 fully saturated rings. The molecule has 1 saturated carbocycles. The molecule has 0 radical (unpaired) electrons. The van der Waals surface area contributed by atoms with Crippen molar-refractivity contribution >= 4 is 12.1 Å². The average Bonchev–Trinajstić information content (AvgIpc) is 2.93. The summed E-state index contributed by atoms with van der Waals surface area (Å²) in [5.41, 5.74) is 8.84. The lowest BCUT2D eigenvalue weighted by atomic mass is 9.72. The standard InChI is InChI=1S/C34H50F2N2O5/c1-5-6-8-11-25-19-28(39)31(27-18-24(4)12-13-26(27)23(2)3)29(20-25)42-32(41)38-17-16-34(35,36)43-30(40)21-33(22-37)14-9-7-10-15-33/h18-20,26-27,39H,2,5-17,21-22,37H2,1,3-4H3,(H,38,41)/t26-,27+/m0/s1. The molecule has 2 aliphatic rings. The van der Waals surface area contributed by atoms with Crippen LogP contribution in [0, 0.1) is 11.3 Å². The largest absolute Gasteiger partial charge is 0.507 e. The molecule has 9 heteroatoms. The van der Waals surface area contributed by atoms with Gasteiger partial charge in [0.05, 0.1) is 12.8 Å². The predicted molar refractivity (Wildman–Crippen MR) is 164 cm³/mol. The molecule has 1 aromatic rings. The zero-order chi connectivity index (χ0) is 31.6. The Labute approximate surface area is 255 Å². The van der Waals surface area contributed by atoms with Crippen LogP contribution in [0.25, 0.3) is 0 Å². The number of carbonyl (C=O) groups excluding carboxylic acids is 2. The van der Waals surface area contributed by atoms with Gasteiger partial charge in [-0.2, -0.15) is 8.78 Å². The zero-order valence-electron chi connectivity index (χ0n) is 26.1. The van der Waals surface area contributed by atoms with Crippen LogP contribution in [0.5, 0.6) is 11.5 Å². The molecular formula is C34H50F2N2O5. The topological polar surface area (TPSA) is 111 Å². The van der Waals surface area contributed by atoms with E-state index in [0.29, 0.717) is 12.0 Å². The van der Waals surface area contributed by atoms with Crippen LogP contribution in [-0.4, -0.2) is 36.4 Å². The number of nitrogens with one attached hydrogen (secondary N) is 1. The minimum absolute atomic E-state index is 0.0330. The van der Waals surface area contributed by atoms with Gasteiger partial charge in [0.2, 0.25) is 0 Å². The lowest BCUT2D eigenvalue weighted by Crippen LogP contribution is -2.38. The number of alkyl halides is 2. The fraction of sp³-hybridized carbons (Fsp3) is 0.647. The summed E-state index contributed by atoms with van der Waals surface area (Å²) in [5.74, 6) is -0.952. The van der Waals surface area contributed by atoms with Crippen LogP contribution in [0.1, 0.15) is 115 Å². The van der Waals surface area contributed by atoms with Crippen LogP contribution < -0.4 is 15.8 Å². The van der Waals surface area contributed by atoms with Crippen LogP contribution >= 0.6 is 0 Å². The Morgan fingerprint density at radius 1 is 1.21 bits per heavy atom. The number of amides is 1. The second-order valence-electron chi connectivity index (χ2n) is 12.6. The Hall–Kier alpha value is -2.94. The van der Waals surface area contributed by atoms with Gasteiger partial charge in [-0.25, -0.2) is 4.79 Å². The number of phenolic OH excluding ortho intramolecular Hbond substituents is 1. The van der Waals surface area contributed by atoms with E-state index in [4.69, 9.17) is 10.5 Å². The van der Waals surface area contributed by atoms with Crippen LogP contribution in [0.4, 0.5) is 13.6 Å². The van der Waals surface area contributed by atoms with Gasteiger partial charge in [0.15, 0.2) is 0 Å². The molecule has 1 amide bonds. The first-order valence-electron chi connectivity index (χ1n) is 15.8. The van der Waals surface area contributed by atoms with Gasteiger partial charge in [-0.3, -0.25) is 4.79 Å². The number of rotatable bonds is 14. The van der Waals surface area contributed by atoms with E-state index in [1.807, 2.05) is 13.8 Å². The van der Waals surface area contributed by atoms with Crippen LogP contribution in [0.15, 0.2) is 35.9 Å². The molecule has 7 nitrogen and oxygen atoms in total. The highest BCUT2D eigenvalue weighted by molar-refractivity contribution is 5.72. The number of ether oxygens (including phenoxy) is 2. The molecule has 3 rings (SSSR count). The number of benzene rings is 1. The van der Waals surface area contributed by atoms with Crippen LogP contribution in [0.2, 0.25) is 0 Å². The quantitative estimate of drug-likeness (QED) is 0.113. The lowest BCUT2D eigenvalue weighted by molar-refractivity contribution is -0.236. The van der Waals surface area contributed by atoms with Gasteiger partial charge >= 0.3 is 18.2 Å². The van der Waals surface area contributed by atoms with E-state index < -0.39 is 36.6 Å². The first-order chi connectivity index (χ1) is 20.4. The highest BCUT2D eigenvalue weighted by Gasteiger charge is 2.39. The van der Waals surface area contributed by atoms with Crippen molar-refractivity contribution in [2.75, 3.05) is 13.1 Å². The first-order valence-corrected chi connectivity index (χ1v) is 15.8. The number of esters is 1. The third kappa shape index (κ3) is 10.1. The van der Waals surface area contributed by atoms with Gasteiger partial charge in [-0.1, -0.05) is 62.8 Å². The molecule has 0 aromatic heterocycles. The highest BCUT2D eigenvalue weighted by Crippen LogP contribution is 2.47. The van der Waals surface area contributed by atoms with E-state index in [0.717, 1.165) is 75.3 Å². The van der Waals surface area contributed by atoms with E-state index in [9.17, 15) is 23.5 Å². The summed E-state index contributed by atoms with van der Waals surface area (Å²) in [4.78, 5) is 25.2. The molecule has 2 atom stereocenters. The Morgan fingerprint density at radius 3 is 2.58 bits per heavy atom. The Bertz CT molecular complexity index is 1160. The third-order valence-corrected chi connectivity index (χ3v) is 8.98. The predicted octanol–water partition coefficient (Wildman–Crippen LogP) is 8.05. The van der Waals surface area contributed by atoms with E-state index in [1.165, 1.54) is 5.57 Å². The maximum Gasteiger partial charge on any atom is 0.412 e. The number of hydrogen-bond acceptors (Lipinski definition) is 6. The molecule has 0 aliphatic heterocycles. The number of aryl methyl sites for hydroxylation is 1. The molecule has 0 spiro atoms. The van der Waals surface area contributed by atoms with Crippen molar-refractivity contribution in [1.29, 1.82) is 0 Å². The fourth-order valence-corrected chi connectivity index (χ4v) is 6.48. The van der Waals surface area contributed by atoms with E-state index >= 15 is 0 Å². The highest BCUT2D eigenvalue weighted by atomic mass is 19.3. The number of carbonyl (C=O) groups is 2. The summed E-state index contributed by atoms with van der Waals surface area (Å²) in [6.45, 7) is 10.0. The molecule has 43 heavy (non-hydrogen) atoms. The SMILES string of the molecule is C=C(C)[C@@H]1CCC(C)=C[C@H]1c1c(O)cc(CCCCC)cc1OC(=O)NCCC(F)(F)OC(=O)CC1(CN)CCCCC1. The second kappa shape index (κ2) is 15.7. The summed E-state index contributed by atoms with van der Waals surface area (Å²) in [6.07, 6.45) is 6.11. The Morgan fingerprint density at radius 2 is 1.93 bits per heavy atom. The Kier molecular flexibility index (Phi) is 12.6. The van der Waals surface area contributed by atoms with Crippen molar-refractivity contribution in [2.45, 2.75) is 116 Å². The van der Waals surface area contributed by atoms with Crippen molar-refractivity contribution in [3.8, 4) is 11.5 Å². The molecular weight excluding hydrogens is 554 g/mol. The maximum atomic E-state index is 14.5. The summed E-state index contributed by atoms with van der Waals surface area (Å²) < 4.78 is 39.3. The van der Waals surface area contributed by atoms with E-state index in [-0.39, 0.29) is 36.3 Å². The molecule has 0 saturated heterocycles. The molecule has 0 heterocycles. The summed E-state index contributed by atoms with van der Waals surface area (Å²) in [5, 5.41) is 13.5. The molecule has 0 unspecified atom stereocenters.